The lowest BCUT2D eigenvalue weighted by molar-refractivity contribution is -0.232. The summed E-state index contributed by atoms with van der Waals surface area (Å²) < 4.78 is 33.4. The summed E-state index contributed by atoms with van der Waals surface area (Å²) in [6.07, 6.45) is -4.60. The molecule has 0 radical (unpaired) electrons. The molecule has 5 atom stereocenters. The fourth-order valence-corrected chi connectivity index (χ4v) is 2.65. The monoisotopic (exact) mass is 370 g/mol. The van der Waals surface area contributed by atoms with Gasteiger partial charge in [0.25, 0.3) is 0 Å². The van der Waals surface area contributed by atoms with Gasteiger partial charge in [-0.15, -0.1) is 0 Å². The fourth-order valence-electron chi connectivity index (χ4n) is 1.97. The van der Waals surface area contributed by atoms with Crippen molar-refractivity contribution in [1.82, 2.24) is 0 Å². The molecule has 0 spiro atoms. The fraction of sp³-hybridized carbons (Fsp3) is 0.750. The second-order valence-corrected chi connectivity index (χ2v) is 5.30. The summed E-state index contributed by atoms with van der Waals surface area (Å²) in [4.78, 5) is 33.5. The minimum absolute atomic E-state index is 0.648. The molecule has 9 heteroatoms. The number of halogens is 2. The molecule has 1 rings (SSSR count). The highest BCUT2D eigenvalue weighted by atomic mass is 79.9. The van der Waals surface area contributed by atoms with E-state index >= 15 is 0 Å². The van der Waals surface area contributed by atoms with E-state index in [2.05, 4.69) is 15.9 Å². The van der Waals surface area contributed by atoms with Gasteiger partial charge in [-0.2, -0.15) is 0 Å². The van der Waals surface area contributed by atoms with Gasteiger partial charge in [0.1, 0.15) is 12.8 Å². The Morgan fingerprint density at radius 2 is 1.38 bits per heavy atom. The highest BCUT2D eigenvalue weighted by Crippen LogP contribution is 2.31. The average molecular weight is 371 g/mol. The SMILES string of the molecule is CC(=O)O[C@@H]1[C@H](OC(C)=O)[C@@H](OC(C)=O)C(Br)O[C@@H]1CF. The molecule has 120 valence electrons. The molecular formula is C12H16BrFO7. The number of ether oxygens (including phenoxy) is 4. The molecule has 1 saturated heterocycles. The number of alkyl halides is 2. The smallest absolute Gasteiger partial charge is 0.303 e. The second-order valence-electron chi connectivity index (χ2n) is 4.40. The highest BCUT2D eigenvalue weighted by molar-refractivity contribution is 9.09. The standard InChI is InChI=1S/C12H16BrFO7/c1-5(15)18-9-8(4-14)21-12(13)11(20-7(3)17)10(9)19-6(2)16/h8-12H,4H2,1-3H3/t8-,9+,10+,11-,12?/m1/s1. The van der Waals surface area contributed by atoms with Gasteiger partial charge in [0.2, 0.25) is 0 Å². The van der Waals surface area contributed by atoms with Crippen molar-refractivity contribution in [2.45, 2.75) is 50.2 Å². The van der Waals surface area contributed by atoms with E-state index in [1.54, 1.807) is 0 Å². The molecule has 0 aromatic rings. The van der Waals surface area contributed by atoms with Crippen molar-refractivity contribution in [2.75, 3.05) is 6.67 Å². The van der Waals surface area contributed by atoms with Crippen molar-refractivity contribution in [3.63, 3.8) is 0 Å². The van der Waals surface area contributed by atoms with E-state index in [-0.39, 0.29) is 0 Å². The summed E-state index contributed by atoms with van der Waals surface area (Å²) in [7, 11) is 0. The Bertz CT molecular complexity index is 416. The summed E-state index contributed by atoms with van der Waals surface area (Å²) in [5, 5.41) is -0.904. The quantitative estimate of drug-likeness (QED) is 0.412. The maximum atomic E-state index is 13.1. The first-order chi connectivity index (χ1) is 9.76. The van der Waals surface area contributed by atoms with Gasteiger partial charge in [-0.05, 0) is 0 Å². The van der Waals surface area contributed by atoms with E-state index in [0.717, 1.165) is 20.8 Å². The van der Waals surface area contributed by atoms with E-state index < -0.39 is 54.0 Å². The van der Waals surface area contributed by atoms with Crippen LogP contribution in [0, 0.1) is 0 Å². The van der Waals surface area contributed by atoms with E-state index in [4.69, 9.17) is 18.9 Å². The molecule has 1 unspecified atom stereocenters. The molecule has 7 nitrogen and oxygen atoms in total. The average Bonchev–Trinajstić information content (AvgIpc) is 2.35. The number of rotatable bonds is 4. The summed E-state index contributed by atoms with van der Waals surface area (Å²) in [5.74, 6) is -2.03. The predicted molar refractivity (Wildman–Crippen MR) is 70.2 cm³/mol. The zero-order valence-corrected chi connectivity index (χ0v) is 13.3. The van der Waals surface area contributed by atoms with Crippen LogP contribution in [0.15, 0.2) is 0 Å². The number of hydrogen-bond donors (Lipinski definition) is 0. The van der Waals surface area contributed by atoms with Crippen molar-refractivity contribution in [2.24, 2.45) is 0 Å². The van der Waals surface area contributed by atoms with Gasteiger partial charge in [-0.1, -0.05) is 15.9 Å². The molecular weight excluding hydrogens is 355 g/mol. The van der Waals surface area contributed by atoms with E-state index in [1.807, 2.05) is 0 Å². The number of esters is 3. The zero-order chi connectivity index (χ0) is 16.2. The van der Waals surface area contributed by atoms with Crippen LogP contribution in [0.25, 0.3) is 0 Å². The molecule has 0 saturated carbocycles. The molecule has 0 aromatic heterocycles. The van der Waals surface area contributed by atoms with Crippen LogP contribution in [0.2, 0.25) is 0 Å². The lowest BCUT2D eigenvalue weighted by atomic mass is 10.00. The van der Waals surface area contributed by atoms with Crippen molar-refractivity contribution >= 4 is 33.8 Å². The van der Waals surface area contributed by atoms with Crippen LogP contribution < -0.4 is 0 Å². The highest BCUT2D eigenvalue weighted by Gasteiger charge is 2.50. The third-order valence-electron chi connectivity index (χ3n) is 2.64. The summed E-state index contributed by atoms with van der Waals surface area (Å²) in [5.41, 5.74) is 0. The van der Waals surface area contributed by atoms with Gasteiger partial charge < -0.3 is 18.9 Å². The third kappa shape index (κ3) is 4.92. The Balaban J connectivity index is 3.08. The van der Waals surface area contributed by atoms with Gasteiger partial charge in [0.05, 0.1) is 0 Å². The third-order valence-corrected chi connectivity index (χ3v) is 3.37. The Morgan fingerprint density at radius 3 is 1.81 bits per heavy atom. The van der Waals surface area contributed by atoms with Gasteiger partial charge >= 0.3 is 17.9 Å². The lowest BCUT2D eigenvalue weighted by Gasteiger charge is -2.42. The predicted octanol–water partition coefficient (Wildman–Crippen LogP) is 0.871. The first-order valence-electron chi connectivity index (χ1n) is 6.13. The maximum absolute atomic E-state index is 13.1. The van der Waals surface area contributed by atoms with Gasteiger partial charge in [0, 0.05) is 20.8 Å². The Labute approximate surface area is 129 Å². The van der Waals surface area contributed by atoms with Crippen LogP contribution in [0.5, 0.6) is 0 Å². The molecule has 0 aromatic carbocycles. The van der Waals surface area contributed by atoms with Gasteiger partial charge in [-0.3, -0.25) is 14.4 Å². The second kappa shape index (κ2) is 7.69. The Morgan fingerprint density at radius 1 is 0.952 bits per heavy atom. The topological polar surface area (TPSA) is 88.1 Å². The molecule has 1 aliphatic heterocycles. The molecule has 1 aliphatic rings. The molecule has 0 aliphatic carbocycles. The molecule has 0 N–H and O–H groups in total. The van der Waals surface area contributed by atoms with Crippen molar-refractivity contribution in [1.29, 1.82) is 0 Å². The zero-order valence-electron chi connectivity index (χ0n) is 11.7. The summed E-state index contributed by atoms with van der Waals surface area (Å²) in [6, 6.07) is 0. The van der Waals surface area contributed by atoms with Crippen LogP contribution in [0.3, 0.4) is 0 Å². The number of hydrogen-bond acceptors (Lipinski definition) is 7. The van der Waals surface area contributed by atoms with Gasteiger partial charge in [0.15, 0.2) is 23.3 Å². The Kier molecular flexibility index (Phi) is 6.53. The van der Waals surface area contributed by atoms with Crippen molar-refractivity contribution in [3.8, 4) is 0 Å². The van der Waals surface area contributed by atoms with E-state index in [0.29, 0.717) is 0 Å². The van der Waals surface area contributed by atoms with E-state index in [1.165, 1.54) is 0 Å². The van der Waals surface area contributed by atoms with E-state index in [9.17, 15) is 18.8 Å². The molecule has 1 fully saturated rings. The number of carbonyl (C=O) groups is 3. The lowest BCUT2D eigenvalue weighted by Crippen LogP contribution is -2.60. The number of carbonyl (C=O) groups excluding carboxylic acids is 3. The van der Waals surface area contributed by atoms with Gasteiger partial charge in [-0.25, -0.2) is 4.39 Å². The van der Waals surface area contributed by atoms with Crippen LogP contribution in [-0.4, -0.2) is 54.0 Å². The first kappa shape index (κ1) is 17.8. The molecule has 0 bridgehead atoms. The maximum Gasteiger partial charge on any atom is 0.303 e. The summed E-state index contributed by atoms with van der Waals surface area (Å²) >= 11 is 3.09. The molecule has 1 heterocycles. The molecule has 0 amide bonds. The summed E-state index contributed by atoms with van der Waals surface area (Å²) in [6.45, 7) is 2.46. The van der Waals surface area contributed by atoms with Crippen molar-refractivity contribution in [3.05, 3.63) is 0 Å². The van der Waals surface area contributed by atoms with Crippen LogP contribution in [0.1, 0.15) is 20.8 Å². The van der Waals surface area contributed by atoms with Crippen LogP contribution in [0.4, 0.5) is 4.39 Å². The minimum atomic E-state index is -1.21. The Hall–Kier alpha value is -1.22. The van der Waals surface area contributed by atoms with Crippen LogP contribution in [-0.2, 0) is 33.3 Å². The van der Waals surface area contributed by atoms with Crippen molar-refractivity contribution < 1.29 is 37.7 Å². The minimum Gasteiger partial charge on any atom is -0.456 e. The first-order valence-corrected chi connectivity index (χ1v) is 7.05. The van der Waals surface area contributed by atoms with Crippen LogP contribution >= 0.6 is 15.9 Å². The molecule has 21 heavy (non-hydrogen) atoms. The largest absolute Gasteiger partial charge is 0.456 e. The normalized spacial score (nSPS) is 32.1.